The van der Waals surface area contributed by atoms with Crippen LogP contribution in [0.25, 0.3) is 0 Å². The molecule has 5 atom stereocenters. The third-order valence-electron chi connectivity index (χ3n) is 11.8. The Morgan fingerprint density at radius 2 is 1.55 bits per heavy atom. The molecule has 2 aromatic rings. The van der Waals surface area contributed by atoms with Crippen LogP contribution in [0.2, 0.25) is 0 Å². The minimum absolute atomic E-state index is 0.0871. The summed E-state index contributed by atoms with van der Waals surface area (Å²) in [5.74, 6) is 0.271. The molecule has 0 unspecified atom stereocenters. The van der Waals surface area contributed by atoms with Crippen LogP contribution in [0.1, 0.15) is 81.8 Å². The van der Waals surface area contributed by atoms with Gasteiger partial charge in [-0.2, -0.15) is 4.31 Å². The summed E-state index contributed by atoms with van der Waals surface area (Å²) in [4.78, 5) is 15.7. The van der Waals surface area contributed by atoms with Crippen molar-refractivity contribution in [1.29, 1.82) is 0 Å². The number of sulfonamides is 1. The van der Waals surface area contributed by atoms with Gasteiger partial charge in [-0.1, -0.05) is 86.6 Å². The first-order chi connectivity index (χ1) is 24.7. The molecule has 5 rings (SSSR count). The number of rotatable bonds is 20. The molecule has 2 saturated heterocycles. The normalized spacial score (nSPS) is 26.2. The van der Waals surface area contributed by atoms with Crippen molar-refractivity contribution in [2.45, 2.75) is 107 Å². The number of likely N-dealkylation sites (tertiary alicyclic amines) is 1. The number of carbonyl (C=O) groups is 1. The van der Waals surface area contributed by atoms with Gasteiger partial charge in [-0.05, 0) is 68.6 Å². The van der Waals surface area contributed by atoms with Gasteiger partial charge in [0.1, 0.15) is 0 Å². The van der Waals surface area contributed by atoms with E-state index >= 15 is 0 Å². The first-order valence-corrected chi connectivity index (χ1v) is 20.2. The highest BCUT2D eigenvalue weighted by Crippen LogP contribution is 2.62. The van der Waals surface area contributed by atoms with Crippen molar-refractivity contribution in [2.24, 2.45) is 17.3 Å². The Balaban J connectivity index is 1.46. The number of hydrogen-bond acceptors (Lipinski definition) is 8. The molecule has 3 aliphatic rings. The third kappa shape index (κ3) is 8.49. The average molecular weight is 729 g/mol. The molecule has 284 valence electrons. The second-order valence-corrected chi connectivity index (χ2v) is 16.8. The number of unbranched alkanes of at least 4 members (excludes halogenated alkanes) is 6. The standard InChI is InChI=1S/C40H60N2O8S/c1-31-19-21-34(22-20-31)51(44,45)42-25-23-35-33-26-39(29-50-28-32-16-12-11-13-17-32,24-15-10-8-6-7-9-14-18-36(47-3)48-4)37(42)40(35,30-46-2)41(27-33)38(43)49-5/h11-13,16-17,19-22,33,35-37H,6-10,14-15,18,23-30H2,1-5H3/t33-,35+,37-,39+,40-/m0/s1. The Hall–Kier alpha value is -2.54. The maximum absolute atomic E-state index is 14.8. The molecule has 3 fully saturated rings. The van der Waals surface area contributed by atoms with E-state index in [1.165, 1.54) is 7.11 Å². The van der Waals surface area contributed by atoms with Crippen LogP contribution >= 0.6 is 0 Å². The van der Waals surface area contributed by atoms with Gasteiger partial charge < -0.3 is 23.7 Å². The number of aryl methyl sites for hydroxylation is 1. The van der Waals surface area contributed by atoms with Gasteiger partial charge in [0, 0.05) is 39.8 Å². The van der Waals surface area contributed by atoms with Crippen LogP contribution in [0.5, 0.6) is 0 Å². The molecule has 51 heavy (non-hydrogen) atoms. The van der Waals surface area contributed by atoms with Crippen LogP contribution in [0, 0.1) is 24.2 Å². The molecule has 2 aromatic carbocycles. The topological polar surface area (TPSA) is 104 Å². The molecule has 0 aromatic heterocycles. The number of nitrogens with zero attached hydrogens (tertiary/aromatic N) is 2. The summed E-state index contributed by atoms with van der Waals surface area (Å²) < 4.78 is 60.1. The zero-order chi connectivity index (χ0) is 36.5. The summed E-state index contributed by atoms with van der Waals surface area (Å²) in [5, 5.41) is 0. The Labute approximate surface area is 306 Å². The third-order valence-corrected chi connectivity index (χ3v) is 13.7. The molecule has 1 amide bonds. The zero-order valence-corrected chi connectivity index (χ0v) is 32.2. The van der Waals surface area contributed by atoms with E-state index < -0.39 is 33.1 Å². The Bertz CT molecular complexity index is 1490. The lowest BCUT2D eigenvalue weighted by Crippen LogP contribution is -2.76. The molecule has 2 aliphatic heterocycles. The van der Waals surface area contributed by atoms with E-state index in [1.54, 1.807) is 37.8 Å². The van der Waals surface area contributed by atoms with Crippen molar-refractivity contribution in [3.8, 4) is 0 Å². The SMILES string of the molecule is COC[C@]12[C@@H]3CCN(S(=O)(=O)c4ccc(C)cc4)[C@H]1[C@@](CCCCCCCCCC(OC)OC)(COCc1ccccc1)C[C@H]3CN2C(=O)OC. The van der Waals surface area contributed by atoms with Gasteiger partial charge in [0.2, 0.25) is 10.0 Å². The smallest absolute Gasteiger partial charge is 0.410 e. The highest BCUT2D eigenvalue weighted by Gasteiger charge is 2.73. The summed E-state index contributed by atoms with van der Waals surface area (Å²) >= 11 is 0. The van der Waals surface area contributed by atoms with E-state index in [2.05, 4.69) is 12.1 Å². The second-order valence-electron chi connectivity index (χ2n) is 15.0. The predicted molar refractivity (Wildman–Crippen MR) is 197 cm³/mol. The van der Waals surface area contributed by atoms with Gasteiger partial charge >= 0.3 is 6.09 Å². The van der Waals surface area contributed by atoms with Gasteiger partial charge in [0.25, 0.3) is 0 Å². The maximum atomic E-state index is 14.8. The van der Waals surface area contributed by atoms with E-state index in [0.717, 1.165) is 75.3 Å². The average Bonchev–Trinajstić information content (AvgIpc) is 3.38. The predicted octanol–water partition coefficient (Wildman–Crippen LogP) is 7.19. The molecular weight excluding hydrogens is 669 g/mol. The summed E-state index contributed by atoms with van der Waals surface area (Å²) in [5.41, 5.74) is 0.626. The first-order valence-electron chi connectivity index (χ1n) is 18.8. The van der Waals surface area contributed by atoms with E-state index in [9.17, 15) is 13.2 Å². The maximum Gasteiger partial charge on any atom is 0.410 e. The van der Waals surface area contributed by atoms with Crippen molar-refractivity contribution < 1.29 is 36.9 Å². The summed E-state index contributed by atoms with van der Waals surface area (Å²) in [6.45, 7) is 3.90. The van der Waals surface area contributed by atoms with Crippen molar-refractivity contribution >= 4 is 16.1 Å². The van der Waals surface area contributed by atoms with E-state index in [4.69, 9.17) is 23.7 Å². The van der Waals surface area contributed by atoms with E-state index in [0.29, 0.717) is 32.7 Å². The molecule has 1 aliphatic carbocycles. The lowest BCUT2D eigenvalue weighted by Gasteiger charge is -2.63. The number of amides is 1. The van der Waals surface area contributed by atoms with Crippen molar-refractivity contribution in [3.05, 3.63) is 65.7 Å². The summed E-state index contributed by atoms with van der Waals surface area (Å²) in [6.07, 6.45) is 10.2. The van der Waals surface area contributed by atoms with Gasteiger partial charge in [-0.3, -0.25) is 4.90 Å². The molecular formula is C40H60N2O8S. The molecule has 4 bridgehead atoms. The zero-order valence-electron chi connectivity index (χ0n) is 31.4. The van der Waals surface area contributed by atoms with Gasteiger partial charge in [-0.15, -0.1) is 0 Å². The molecule has 11 heteroatoms. The van der Waals surface area contributed by atoms with Crippen LogP contribution in [0.15, 0.2) is 59.5 Å². The molecule has 0 N–H and O–H groups in total. The fraction of sp³-hybridized carbons (Fsp3) is 0.675. The van der Waals surface area contributed by atoms with Gasteiger partial charge in [0.15, 0.2) is 6.29 Å². The number of methoxy groups -OCH3 is 4. The highest BCUT2D eigenvalue weighted by molar-refractivity contribution is 7.89. The molecule has 1 saturated carbocycles. The lowest BCUT2D eigenvalue weighted by molar-refractivity contribution is -0.148. The number of piperidine rings is 1. The van der Waals surface area contributed by atoms with Crippen LogP contribution in [-0.2, 0) is 40.3 Å². The lowest BCUT2D eigenvalue weighted by atomic mass is 9.53. The van der Waals surface area contributed by atoms with Crippen molar-refractivity contribution in [1.82, 2.24) is 9.21 Å². The minimum Gasteiger partial charge on any atom is -0.453 e. The molecule has 0 spiro atoms. The summed E-state index contributed by atoms with van der Waals surface area (Å²) in [6, 6.07) is 16.7. The number of ether oxygens (including phenoxy) is 5. The highest BCUT2D eigenvalue weighted by atomic mass is 32.2. The monoisotopic (exact) mass is 728 g/mol. The van der Waals surface area contributed by atoms with Crippen molar-refractivity contribution in [3.63, 3.8) is 0 Å². The first kappa shape index (κ1) is 39.7. The second kappa shape index (κ2) is 18.0. The fourth-order valence-corrected chi connectivity index (χ4v) is 11.4. The van der Waals surface area contributed by atoms with Gasteiger partial charge in [-0.25, -0.2) is 13.2 Å². The van der Waals surface area contributed by atoms with Crippen LogP contribution in [0.3, 0.4) is 0 Å². The molecule has 10 nitrogen and oxygen atoms in total. The Kier molecular flexibility index (Phi) is 14.0. The Morgan fingerprint density at radius 3 is 2.20 bits per heavy atom. The van der Waals surface area contributed by atoms with E-state index in [1.807, 2.05) is 42.2 Å². The molecule has 0 radical (unpaired) electrons. The van der Waals surface area contributed by atoms with Crippen LogP contribution < -0.4 is 0 Å². The number of hydrogen-bond donors (Lipinski definition) is 0. The molecule has 2 heterocycles. The Morgan fingerprint density at radius 1 is 0.882 bits per heavy atom. The summed E-state index contributed by atoms with van der Waals surface area (Å²) in [7, 11) is 2.47. The van der Waals surface area contributed by atoms with Crippen LogP contribution in [0.4, 0.5) is 4.79 Å². The quantitative estimate of drug-likeness (QED) is 0.104. The van der Waals surface area contributed by atoms with Crippen molar-refractivity contribution in [2.75, 3.05) is 54.7 Å². The minimum atomic E-state index is -3.95. The number of benzene rings is 2. The largest absolute Gasteiger partial charge is 0.453 e. The van der Waals surface area contributed by atoms with Gasteiger partial charge in [0.05, 0.1) is 43.4 Å². The number of carbonyl (C=O) groups excluding carboxylic acids is 1. The fourth-order valence-electron chi connectivity index (χ4n) is 9.65. The van der Waals surface area contributed by atoms with E-state index in [-0.39, 0.29) is 29.6 Å². The van der Waals surface area contributed by atoms with Crippen LogP contribution in [-0.4, -0.2) is 96.3 Å².